The number of ketones is 1. The Kier molecular flexibility index (Phi) is 2.04. The molecule has 16 heavy (non-hydrogen) atoms. The molecule has 3 aromatic heterocycles. The van der Waals surface area contributed by atoms with E-state index >= 15 is 0 Å². The van der Waals surface area contributed by atoms with Crippen LogP contribution in [0.5, 0.6) is 0 Å². The van der Waals surface area contributed by atoms with Crippen molar-refractivity contribution in [1.82, 2.24) is 14.4 Å². The van der Waals surface area contributed by atoms with Gasteiger partial charge >= 0.3 is 0 Å². The Labute approximate surface area is 95.2 Å². The number of fused-ring (bicyclic) bond motifs is 1. The summed E-state index contributed by atoms with van der Waals surface area (Å²) in [5.74, 6) is -0.0851. The molecule has 0 N–H and O–H groups in total. The van der Waals surface area contributed by atoms with Crippen molar-refractivity contribution < 1.29 is 4.79 Å². The van der Waals surface area contributed by atoms with Crippen molar-refractivity contribution in [3.05, 3.63) is 53.7 Å². The summed E-state index contributed by atoms with van der Waals surface area (Å²) in [6.07, 6.45) is 6.73. The fourth-order valence-corrected chi connectivity index (χ4v) is 2.33. The van der Waals surface area contributed by atoms with Gasteiger partial charge in [0.25, 0.3) is 0 Å². The van der Waals surface area contributed by atoms with Gasteiger partial charge in [-0.15, -0.1) is 11.3 Å². The lowest BCUT2D eigenvalue weighted by molar-refractivity contribution is 0.103. The molecule has 5 heteroatoms. The largest absolute Gasteiger partial charge is 0.296 e. The molecule has 0 aliphatic rings. The fraction of sp³-hybridized carbons (Fsp3) is 0. The number of nitrogens with zero attached hydrogens (tertiary/aromatic N) is 3. The smallest absolute Gasteiger partial charge is 0.215 e. The van der Waals surface area contributed by atoms with Gasteiger partial charge in [-0.2, -0.15) is 0 Å². The average Bonchev–Trinajstić information content (AvgIpc) is 2.91. The van der Waals surface area contributed by atoms with Crippen LogP contribution in [0, 0.1) is 0 Å². The van der Waals surface area contributed by atoms with E-state index < -0.39 is 0 Å². The first-order valence-corrected chi connectivity index (χ1v) is 5.59. The van der Waals surface area contributed by atoms with Crippen molar-refractivity contribution in [2.45, 2.75) is 0 Å². The molecule has 0 bridgehead atoms. The van der Waals surface area contributed by atoms with Crippen molar-refractivity contribution in [3.8, 4) is 0 Å². The SMILES string of the molecule is O=C(c1cccnc1)c1ncn2ccsc12. The third kappa shape index (κ3) is 1.33. The van der Waals surface area contributed by atoms with E-state index in [9.17, 15) is 4.79 Å². The van der Waals surface area contributed by atoms with Crippen LogP contribution >= 0.6 is 11.3 Å². The van der Waals surface area contributed by atoms with Crippen molar-refractivity contribution in [1.29, 1.82) is 0 Å². The number of hydrogen-bond acceptors (Lipinski definition) is 4. The number of aromatic nitrogens is 3. The van der Waals surface area contributed by atoms with E-state index in [1.165, 1.54) is 11.3 Å². The van der Waals surface area contributed by atoms with Crippen LogP contribution in [0.2, 0.25) is 0 Å². The highest BCUT2D eigenvalue weighted by Gasteiger charge is 2.16. The number of imidazole rings is 1. The van der Waals surface area contributed by atoms with E-state index in [-0.39, 0.29) is 5.78 Å². The highest BCUT2D eigenvalue weighted by molar-refractivity contribution is 7.15. The first-order valence-electron chi connectivity index (χ1n) is 4.71. The highest BCUT2D eigenvalue weighted by Crippen LogP contribution is 2.18. The van der Waals surface area contributed by atoms with E-state index in [4.69, 9.17) is 0 Å². The van der Waals surface area contributed by atoms with Gasteiger partial charge in [0, 0.05) is 29.5 Å². The minimum Gasteiger partial charge on any atom is -0.296 e. The summed E-state index contributed by atoms with van der Waals surface area (Å²) < 4.78 is 1.84. The van der Waals surface area contributed by atoms with E-state index in [1.807, 2.05) is 16.0 Å². The molecular weight excluding hydrogens is 222 g/mol. The molecule has 0 aliphatic heterocycles. The van der Waals surface area contributed by atoms with Crippen molar-refractivity contribution in [2.75, 3.05) is 0 Å². The second kappa shape index (κ2) is 3.53. The number of carbonyl (C=O) groups excluding carboxylic acids is 1. The molecule has 0 radical (unpaired) electrons. The topological polar surface area (TPSA) is 47.3 Å². The lowest BCUT2D eigenvalue weighted by Gasteiger charge is -1.95. The number of pyridine rings is 1. The molecule has 0 amide bonds. The maximum atomic E-state index is 12.1. The van der Waals surface area contributed by atoms with Gasteiger partial charge in [-0.25, -0.2) is 4.98 Å². The number of rotatable bonds is 2. The van der Waals surface area contributed by atoms with Gasteiger partial charge in [0.05, 0.1) is 0 Å². The summed E-state index contributed by atoms with van der Waals surface area (Å²) in [7, 11) is 0. The van der Waals surface area contributed by atoms with Crippen LogP contribution in [0.4, 0.5) is 0 Å². The number of thiazole rings is 1. The van der Waals surface area contributed by atoms with Crippen molar-refractivity contribution in [3.63, 3.8) is 0 Å². The first kappa shape index (κ1) is 9.23. The summed E-state index contributed by atoms with van der Waals surface area (Å²) in [5.41, 5.74) is 1.06. The van der Waals surface area contributed by atoms with Gasteiger partial charge in [-0.05, 0) is 12.1 Å². The summed E-state index contributed by atoms with van der Waals surface area (Å²) >= 11 is 1.50. The standard InChI is InChI=1S/C11H7N3OS/c15-10(8-2-1-3-12-6-8)9-11-14(7-13-9)4-5-16-11/h1-7H. The molecule has 0 saturated carbocycles. The van der Waals surface area contributed by atoms with Crippen LogP contribution in [0.3, 0.4) is 0 Å². The molecule has 4 nitrogen and oxygen atoms in total. The quantitative estimate of drug-likeness (QED) is 0.632. The van der Waals surface area contributed by atoms with Crippen LogP contribution in [0.25, 0.3) is 4.83 Å². The lowest BCUT2D eigenvalue weighted by Crippen LogP contribution is -2.01. The zero-order valence-corrected chi connectivity index (χ0v) is 9.02. The number of carbonyl (C=O) groups is 1. The Bertz CT molecular complexity index is 641. The number of hydrogen-bond donors (Lipinski definition) is 0. The van der Waals surface area contributed by atoms with Crippen molar-refractivity contribution >= 4 is 22.0 Å². The molecule has 0 aliphatic carbocycles. The van der Waals surface area contributed by atoms with Gasteiger partial charge in [-0.1, -0.05) is 0 Å². The van der Waals surface area contributed by atoms with Gasteiger partial charge in [-0.3, -0.25) is 14.2 Å². The summed E-state index contributed by atoms with van der Waals surface area (Å²) in [6.45, 7) is 0. The lowest BCUT2D eigenvalue weighted by atomic mass is 10.1. The van der Waals surface area contributed by atoms with Crippen molar-refractivity contribution in [2.24, 2.45) is 0 Å². The summed E-state index contributed by atoms with van der Waals surface area (Å²) in [6, 6.07) is 3.49. The van der Waals surface area contributed by atoms with Gasteiger partial charge in [0.15, 0.2) is 0 Å². The maximum Gasteiger partial charge on any atom is 0.215 e. The van der Waals surface area contributed by atoms with Gasteiger partial charge < -0.3 is 0 Å². The molecule has 0 spiro atoms. The minimum absolute atomic E-state index is 0.0851. The minimum atomic E-state index is -0.0851. The zero-order valence-electron chi connectivity index (χ0n) is 8.20. The van der Waals surface area contributed by atoms with Crippen LogP contribution < -0.4 is 0 Å². The molecule has 0 saturated heterocycles. The fourth-order valence-electron chi connectivity index (χ4n) is 1.52. The molecule has 3 rings (SSSR count). The molecular formula is C11H7N3OS. The zero-order chi connectivity index (χ0) is 11.0. The Balaban J connectivity index is 2.12. The molecule has 0 atom stereocenters. The maximum absolute atomic E-state index is 12.1. The van der Waals surface area contributed by atoms with E-state index in [1.54, 1.807) is 30.9 Å². The third-order valence-electron chi connectivity index (χ3n) is 2.29. The average molecular weight is 229 g/mol. The predicted octanol–water partition coefficient (Wildman–Crippen LogP) is 2.02. The molecule has 78 valence electrons. The molecule has 0 aromatic carbocycles. The second-order valence-electron chi connectivity index (χ2n) is 3.28. The Morgan fingerprint density at radius 1 is 1.44 bits per heavy atom. The molecule has 3 aromatic rings. The van der Waals surface area contributed by atoms with Gasteiger partial charge in [0.1, 0.15) is 16.9 Å². The Morgan fingerprint density at radius 3 is 3.19 bits per heavy atom. The van der Waals surface area contributed by atoms with Crippen LogP contribution in [-0.4, -0.2) is 20.2 Å². The monoisotopic (exact) mass is 229 g/mol. The first-order chi connectivity index (χ1) is 7.86. The second-order valence-corrected chi connectivity index (χ2v) is 4.17. The summed E-state index contributed by atoms with van der Waals surface area (Å²) in [5, 5.41) is 1.93. The van der Waals surface area contributed by atoms with E-state index in [0.29, 0.717) is 11.3 Å². The Hall–Kier alpha value is -2.01. The van der Waals surface area contributed by atoms with Crippen LogP contribution in [0.15, 0.2) is 42.4 Å². The normalized spacial score (nSPS) is 10.8. The van der Waals surface area contributed by atoms with Crippen LogP contribution in [-0.2, 0) is 0 Å². The van der Waals surface area contributed by atoms with Crippen LogP contribution in [0.1, 0.15) is 16.1 Å². The highest BCUT2D eigenvalue weighted by atomic mass is 32.1. The third-order valence-corrected chi connectivity index (χ3v) is 3.17. The molecule has 3 heterocycles. The van der Waals surface area contributed by atoms with E-state index in [0.717, 1.165) is 4.83 Å². The summed E-state index contributed by atoms with van der Waals surface area (Å²) in [4.78, 5) is 21.0. The Morgan fingerprint density at radius 2 is 2.38 bits per heavy atom. The molecule has 0 fully saturated rings. The van der Waals surface area contributed by atoms with E-state index in [2.05, 4.69) is 9.97 Å². The van der Waals surface area contributed by atoms with Gasteiger partial charge in [0.2, 0.25) is 5.78 Å². The predicted molar refractivity (Wildman–Crippen MR) is 60.7 cm³/mol. The molecule has 0 unspecified atom stereocenters.